The molecule has 3 aliphatic heterocycles. The van der Waals surface area contributed by atoms with E-state index in [2.05, 4.69) is 0 Å². The smallest absolute Gasteiger partial charge is 0.381 e. The molecule has 32 heavy (non-hydrogen) atoms. The number of allylic oxidation sites excluding steroid dienone is 1. The third-order valence-corrected chi connectivity index (χ3v) is 7.70. The number of alkyl halides is 2. The highest BCUT2D eigenvalue weighted by atomic mass is 35.5. The van der Waals surface area contributed by atoms with Crippen molar-refractivity contribution < 1.29 is 46.9 Å². The van der Waals surface area contributed by atoms with Crippen molar-refractivity contribution in [2.45, 2.75) is 43.5 Å². The quantitative estimate of drug-likeness (QED) is 0.451. The summed E-state index contributed by atoms with van der Waals surface area (Å²) in [6.45, 7) is -4.51. The molecular weight excluding hydrogens is 495 g/mol. The second kappa shape index (κ2) is 8.69. The maximum absolute atomic E-state index is 14.1. The number of fused-ring (bicyclic) bond motifs is 1. The Hall–Kier alpha value is -1.50. The number of nitrogens with zero attached hydrogens (tertiary/aromatic N) is 1. The van der Waals surface area contributed by atoms with Gasteiger partial charge in [0.05, 0.1) is 19.6 Å². The minimum atomic E-state index is -3.54. The number of para-hydroxylation sites is 1. The van der Waals surface area contributed by atoms with Crippen LogP contribution in [0.15, 0.2) is 35.5 Å². The summed E-state index contributed by atoms with van der Waals surface area (Å²) < 4.78 is 50.0. The van der Waals surface area contributed by atoms with Gasteiger partial charge in [-0.2, -0.15) is 0 Å². The lowest BCUT2D eigenvalue weighted by Gasteiger charge is -2.35. The summed E-state index contributed by atoms with van der Waals surface area (Å²) in [4.78, 5) is 24.5. The topological polar surface area (TPSA) is 115 Å². The number of hydrogen-bond donors (Lipinski definition) is 2. The van der Waals surface area contributed by atoms with Crippen molar-refractivity contribution in [3.63, 3.8) is 0 Å². The van der Waals surface area contributed by atoms with E-state index in [-0.39, 0.29) is 11.6 Å². The molecular formula is C18H17ClF2NO8PS. The van der Waals surface area contributed by atoms with E-state index in [0.717, 1.165) is 6.20 Å². The number of aliphatic hydroxyl groups is 2. The van der Waals surface area contributed by atoms with Gasteiger partial charge in [0.1, 0.15) is 23.0 Å². The molecule has 14 heteroatoms. The average Bonchev–Trinajstić information content (AvgIpc) is 3.01. The fourth-order valence-corrected chi connectivity index (χ4v) is 5.42. The molecule has 1 amide bonds. The van der Waals surface area contributed by atoms with E-state index < -0.39 is 61.9 Å². The van der Waals surface area contributed by atoms with Crippen molar-refractivity contribution >= 4 is 41.8 Å². The van der Waals surface area contributed by atoms with Crippen LogP contribution in [-0.4, -0.2) is 63.9 Å². The normalized spacial score (nSPS) is 35.0. The summed E-state index contributed by atoms with van der Waals surface area (Å²) in [5.41, 5.74) is -2.07. The van der Waals surface area contributed by atoms with Crippen molar-refractivity contribution in [1.82, 2.24) is 4.90 Å². The van der Waals surface area contributed by atoms with Crippen LogP contribution in [-0.2, 0) is 41.8 Å². The summed E-state index contributed by atoms with van der Waals surface area (Å²) in [7, 11) is 0. The van der Waals surface area contributed by atoms with Gasteiger partial charge >= 0.3 is 6.72 Å². The number of carbonyl (C=O) groups excluding carboxylic acids is 2. The Bertz CT molecular complexity index is 1030. The van der Waals surface area contributed by atoms with Crippen molar-refractivity contribution in [3.8, 4) is 5.75 Å². The minimum absolute atomic E-state index is 0.0311. The Balaban J connectivity index is 1.55. The first-order valence-corrected chi connectivity index (χ1v) is 12.2. The SMILES string of the molecule is O=C1CC(=O)N([C@@H]2O[C@@](COP3(=S)OCc4ccccc4O3)(C(F)F)[C@@H](O)[C@H]2O)C=C1Cl. The number of aliphatic hydroxyl groups excluding tert-OH is 2. The molecule has 1 fully saturated rings. The molecule has 3 heterocycles. The van der Waals surface area contributed by atoms with E-state index in [0.29, 0.717) is 16.2 Å². The van der Waals surface area contributed by atoms with Crippen LogP contribution < -0.4 is 4.52 Å². The predicted octanol–water partition coefficient (Wildman–Crippen LogP) is 1.80. The molecule has 174 valence electrons. The summed E-state index contributed by atoms with van der Waals surface area (Å²) in [6, 6.07) is 6.80. The zero-order valence-corrected chi connectivity index (χ0v) is 18.6. The maximum atomic E-state index is 14.1. The Labute approximate surface area is 190 Å². The van der Waals surface area contributed by atoms with Crippen LogP contribution in [0.2, 0.25) is 0 Å². The summed E-state index contributed by atoms with van der Waals surface area (Å²) in [5.74, 6) is -1.14. The van der Waals surface area contributed by atoms with E-state index in [1.54, 1.807) is 24.3 Å². The van der Waals surface area contributed by atoms with E-state index in [4.69, 9.17) is 41.7 Å². The van der Waals surface area contributed by atoms with Gasteiger partial charge in [0, 0.05) is 23.6 Å². The van der Waals surface area contributed by atoms with Crippen LogP contribution in [0.5, 0.6) is 5.75 Å². The number of ether oxygens (including phenoxy) is 1. The molecule has 2 N–H and O–H groups in total. The fraction of sp³-hybridized carbons (Fsp3) is 0.444. The zero-order chi connectivity index (χ0) is 23.3. The molecule has 5 atom stereocenters. The van der Waals surface area contributed by atoms with Crippen LogP contribution in [0.3, 0.4) is 0 Å². The number of rotatable bonds is 5. The Kier molecular flexibility index (Phi) is 6.43. The highest BCUT2D eigenvalue weighted by Crippen LogP contribution is 2.56. The summed E-state index contributed by atoms with van der Waals surface area (Å²) in [5, 5.41) is 20.5. The number of benzene rings is 1. The van der Waals surface area contributed by atoms with E-state index in [1.807, 2.05) is 0 Å². The standard InChI is InChI=1S/C18H17ClF2NO8PS/c19-10-6-22(13(24)5-11(10)23)16-14(25)15(26)18(29-16,17(20)21)8-28-31(32)27-7-9-3-1-2-4-12(9)30-31/h1-4,6,14-17,25-26H,5,7-8H2/t14-,15+,16-,18-,31?/m1/s1. The Morgan fingerprint density at radius 3 is 2.78 bits per heavy atom. The van der Waals surface area contributed by atoms with Gasteiger partial charge in [-0.3, -0.25) is 23.5 Å². The van der Waals surface area contributed by atoms with Gasteiger partial charge in [0.15, 0.2) is 17.6 Å². The summed E-state index contributed by atoms with van der Waals surface area (Å²) in [6.07, 6.45) is -9.02. The van der Waals surface area contributed by atoms with Gasteiger partial charge in [-0.05, 0) is 6.07 Å². The van der Waals surface area contributed by atoms with Gasteiger partial charge in [-0.25, -0.2) is 8.78 Å². The Morgan fingerprint density at radius 2 is 2.06 bits per heavy atom. The fourth-order valence-electron chi connectivity index (χ4n) is 3.44. The van der Waals surface area contributed by atoms with Crippen LogP contribution in [0.1, 0.15) is 12.0 Å². The molecule has 1 saturated heterocycles. The van der Waals surface area contributed by atoms with Gasteiger partial charge in [0.25, 0.3) is 6.43 Å². The lowest BCUT2D eigenvalue weighted by molar-refractivity contribution is -0.200. The highest BCUT2D eigenvalue weighted by molar-refractivity contribution is 8.07. The molecule has 0 saturated carbocycles. The second-order valence-electron chi connectivity index (χ2n) is 7.27. The molecule has 0 bridgehead atoms. The summed E-state index contributed by atoms with van der Waals surface area (Å²) >= 11 is 11.0. The first kappa shape index (κ1) is 23.7. The number of ketones is 1. The van der Waals surface area contributed by atoms with Gasteiger partial charge in [-0.15, -0.1) is 0 Å². The third-order valence-electron chi connectivity index (χ3n) is 5.23. The number of carbonyl (C=O) groups is 2. The van der Waals surface area contributed by atoms with Crippen molar-refractivity contribution in [2.24, 2.45) is 0 Å². The zero-order valence-electron chi connectivity index (χ0n) is 16.1. The molecule has 1 unspecified atom stereocenters. The minimum Gasteiger partial charge on any atom is -0.424 e. The van der Waals surface area contributed by atoms with Crippen molar-refractivity contribution in [1.29, 1.82) is 0 Å². The van der Waals surface area contributed by atoms with E-state index in [9.17, 15) is 28.6 Å². The lowest BCUT2D eigenvalue weighted by atomic mass is 9.96. The monoisotopic (exact) mass is 511 g/mol. The molecule has 0 radical (unpaired) electrons. The molecule has 9 nitrogen and oxygen atoms in total. The van der Waals surface area contributed by atoms with Crippen LogP contribution >= 0.6 is 18.3 Å². The first-order valence-electron chi connectivity index (χ1n) is 9.27. The van der Waals surface area contributed by atoms with Crippen LogP contribution in [0.25, 0.3) is 0 Å². The molecule has 1 aromatic carbocycles. The van der Waals surface area contributed by atoms with Gasteiger partial charge in [0.2, 0.25) is 5.91 Å². The van der Waals surface area contributed by atoms with Crippen molar-refractivity contribution in [2.75, 3.05) is 6.61 Å². The third kappa shape index (κ3) is 4.10. The highest BCUT2D eigenvalue weighted by Gasteiger charge is 2.62. The molecule has 1 aromatic rings. The van der Waals surface area contributed by atoms with Gasteiger partial charge < -0.3 is 19.5 Å². The van der Waals surface area contributed by atoms with Crippen LogP contribution in [0, 0.1) is 0 Å². The second-order valence-corrected chi connectivity index (χ2v) is 10.6. The molecule has 3 aliphatic rings. The molecule has 4 rings (SSSR count). The largest absolute Gasteiger partial charge is 0.424 e. The number of Topliss-reactive ketones (excluding diaryl/α,β-unsaturated/α-hetero) is 1. The van der Waals surface area contributed by atoms with Gasteiger partial charge in [-0.1, -0.05) is 29.8 Å². The first-order chi connectivity index (χ1) is 15.1. The molecule has 0 aliphatic carbocycles. The maximum Gasteiger partial charge on any atom is 0.381 e. The Morgan fingerprint density at radius 1 is 1.34 bits per heavy atom. The van der Waals surface area contributed by atoms with E-state index >= 15 is 0 Å². The number of amides is 1. The number of halogens is 3. The van der Waals surface area contributed by atoms with Crippen molar-refractivity contribution in [3.05, 3.63) is 41.1 Å². The predicted molar refractivity (Wildman–Crippen MR) is 108 cm³/mol. The van der Waals surface area contributed by atoms with Crippen LogP contribution in [0.4, 0.5) is 8.78 Å². The van der Waals surface area contributed by atoms with E-state index in [1.165, 1.54) is 0 Å². The molecule has 0 spiro atoms. The number of hydrogen-bond acceptors (Lipinski definition) is 9. The lowest BCUT2D eigenvalue weighted by Crippen LogP contribution is -2.52. The average molecular weight is 512 g/mol. The molecule has 0 aromatic heterocycles.